The van der Waals surface area contributed by atoms with E-state index >= 15 is 0 Å². The van der Waals surface area contributed by atoms with Crippen LogP contribution >= 0.6 is 0 Å². The number of carbonyl (C=O) groups is 1. The monoisotopic (exact) mass is 292 g/mol. The van der Waals surface area contributed by atoms with E-state index in [1.807, 2.05) is 19.0 Å². The minimum atomic E-state index is -3.42. The average Bonchev–Trinajstić information content (AvgIpc) is 2.26. The molecule has 8 heteroatoms. The average molecular weight is 292 g/mol. The van der Waals surface area contributed by atoms with E-state index in [4.69, 9.17) is 0 Å². The van der Waals surface area contributed by atoms with Gasteiger partial charge in [0.25, 0.3) is 10.2 Å². The molecular formula is C11H24N4O3S. The second-order valence-electron chi connectivity index (χ2n) is 5.30. The quantitative estimate of drug-likeness (QED) is 0.701. The maximum absolute atomic E-state index is 12.0. The van der Waals surface area contributed by atoms with Crippen LogP contribution in [0.1, 0.15) is 13.8 Å². The van der Waals surface area contributed by atoms with Gasteiger partial charge in [0.2, 0.25) is 5.91 Å². The van der Waals surface area contributed by atoms with Crippen LogP contribution in [0.25, 0.3) is 0 Å². The van der Waals surface area contributed by atoms with Crippen LogP contribution in [0.2, 0.25) is 0 Å². The van der Waals surface area contributed by atoms with Crippen LogP contribution in [0.15, 0.2) is 0 Å². The minimum Gasteiger partial charge on any atom is -0.339 e. The first-order valence-electron chi connectivity index (χ1n) is 6.42. The van der Waals surface area contributed by atoms with Gasteiger partial charge in [0.05, 0.1) is 6.54 Å². The molecule has 1 fully saturated rings. The minimum absolute atomic E-state index is 0.0406. The van der Waals surface area contributed by atoms with Crippen molar-refractivity contribution >= 4 is 16.1 Å². The Bertz CT molecular complexity index is 400. The lowest BCUT2D eigenvalue weighted by atomic mass is 10.3. The topological polar surface area (TPSA) is 73.0 Å². The summed E-state index contributed by atoms with van der Waals surface area (Å²) in [7, 11) is 0.257. The first kappa shape index (κ1) is 16.4. The molecule has 112 valence electrons. The van der Waals surface area contributed by atoms with Gasteiger partial charge in [0.1, 0.15) is 0 Å². The molecule has 1 aliphatic heterocycles. The Labute approximate surface area is 115 Å². The van der Waals surface area contributed by atoms with Gasteiger partial charge in [-0.25, -0.2) is 0 Å². The maximum atomic E-state index is 12.0. The number of carbonyl (C=O) groups excluding carboxylic acids is 1. The fourth-order valence-electron chi connectivity index (χ4n) is 1.92. The zero-order chi connectivity index (χ0) is 14.6. The smallest absolute Gasteiger partial charge is 0.279 e. The highest BCUT2D eigenvalue weighted by molar-refractivity contribution is 7.87. The van der Waals surface area contributed by atoms with Gasteiger partial charge >= 0.3 is 0 Å². The predicted octanol–water partition coefficient (Wildman–Crippen LogP) is -1.06. The van der Waals surface area contributed by atoms with Crippen LogP contribution in [0.4, 0.5) is 0 Å². The first-order chi connectivity index (χ1) is 8.72. The zero-order valence-electron chi connectivity index (χ0n) is 12.1. The molecule has 1 heterocycles. The third kappa shape index (κ3) is 5.06. The van der Waals surface area contributed by atoms with Crippen molar-refractivity contribution in [1.82, 2.24) is 18.8 Å². The Hall–Kier alpha value is -0.700. The maximum Gasteiger partial charge on any atom is 0.279 e. The fourth-order valence-corrected chi connectivity index (χ4v) is 3.31. The van der Waals surface area contributed by atoms with Crippen molar-refractivity contribution in [2.24, 2.45) is 0 Å². The molecule has 0 saturated carbocycles. The summed E-state index contributed by atoms with van der Waals surface area (Å²) < 4.78 is 27.9. The highest BCUT2D eigenvalue weighted by Crippen LogP contribution is 2.07. The molecule has 7 nitrogen and oxygen atoms in total. The molecule has 0 aromatic rings. The van der Waals surface area contributed by atoms with Crippen molar-refractivity contribution in [1.29, 1.82) is 0 Å². The summed E-state index contributed by atoms with van der Waals surface area (Å²) in [6, 6.07) is -0.126. The van der Waals surface area contributed by atoms with Crippen LogP contribution < -0.4 is 4.72 Å². The first-order valence-corrected chi connectivity index (χ1v) is 7.86. The fraction of sp³-hybridized carbons (Fsp3) is 0.909. The molecule has 0 aromatic heterocycles. The summed E-state index contributed by atoms with van der Waals surface area (Å²) in [6.45, 7) is 5.53. The summed E-state index contributed by atoms with van der Waals surface area (Å²) in [5.74, 6) is 0.0406. The zero-order valence-corrected chi connectivity index (χ0v) is 12.9. The molecule has 19 heavy (non-hydrogen) atoms. The standard InChI is InChI=1S/C11H24N4O3S/c1-10(2)12-19(17,18)15-7-5-14(6-8-15)11(16)9-13(3)4/h10,12H,5-9H2,1-4H3. The van der Waals surface area contributed by atoms with Gasteiger partial charge in [-0.1, -0.05) is 0 Å². The van der Waals surface area contributed by atoms with E-state index in [1.54, 1.807) is 18.7 Å². The van der Waals surface area contributed by atoms with Crippen LogP contribution in [-0.4, -0.2) is 81.3 Å². The summed E-state index contributed by atoms with van der Waals surface area (Å²) in [6.07, 6.45) is 0. The largest absolute Gasteiger partial charge is 0.339 e. The molecule has 1 rings (SSSR count). The lowest BCUT2D eigenvalue weighted by Gasteiger charge is -2.34. The second kappa shape index (κ2) is 6.65. The Balaban J connectivity index is 2.51. The van der Waals surface area contributed by atoms with Crippen molar-refractivity contribution in [3.63, 3.8) is 0 Å². The van der Waals surface area contributed by atoms with E-state index < -0.39 is 10.2 Å². The van der Waals surface area contributed by atoms with E-state index in [9.17, 15) is 13.2 Å². The SMILES string of the molecule is CC(C)NS(=O)(=O)N1CCN(C(=O)CN(C)C)CC1. The molecule has 0 unspecified atom stereocenters. The molecule has 1 aliphatic rings. The summed E-state index contributed by atoms with van der Waals surface area (Å²) in [4.78, 5) is 15.4. The Morgan fingerprint density at radius 3 is 2.16 bits per heavy atom. The Morgan fingerprint density at radius 2 is 1.74 bits per heavy atom. The number of piperazine rings is 1. The van der Waals surface area contributed by atoms with Crippen molar-refractivity contribution in [2.45, 2.75) is 19.9 Å². The van der Waals surface area contributed by atoms with Crippen molar-refractivity contribution in [2.75, 3.05) is 46.8 Å². The van der Waals surface area contributed by atoms with Gasteiger partial charge in [-0.05, 0) is 27.9 Å². The highest BCUT2D eigenvalue weighted by Gasteiger charge is 2.28. The Morgan fingerprint density at radius 1 is 1.21 bits per heavy atom. The lowest BCUT2D eigenvalue weighted by Crippen LogP contribution is -2.55. The van der Waals surface area contributed by atoms with E-state index in [0.717, 1.165) is 0 Å². The van der Waals surface area contributed by atoms with Crippen LogP contribution in [-0.2, 0) is 15.0 Å². The van der Waals surface area contributed by atoms with E-state index in [-0.39, 0.29) is 11.9 Å². The molecular weight excluding hydrogens is 268 g/mol. The number of nitrogens with zero attached hydrogens (tertiary/aromatic N) is 3. The normalized spacial score (nSPS) is 18.3. The summed E-state index contributed by atoms with van der Waals surface area (Å²) in [5.41, 5.74) is 0. The second-order valence-corrected chi connectivity index (χ2v) is 7.00. The van der Waals surface area contributed by atoms with Crippen LogP contribution in [0, 0.1) is 0 Å². The third-order valence-electron chi connectivity index (χ3n) is 2.77. The lowest BCUT2D eigenvalue weighted by molar-refractivity contribution is -0.133. The van der Waals surface area contributed by atoms with Gasteiger partial charge in [-0.15, -0.1) is 0 Å². The number of hydrogen-bond donors (Lipinski definition) is 1. The number of nitrogens with one attached hydrogen (secondary N) is 1. The van der Waals surface area contributed by atoms with Gasteiger partial charge in [-0.2, -0.15) is 17.4 Å². The summed E-state index contributed by atoms with van der Waals surface area (Å²) >= 11 is 0. The van der Waals surface area contributed by atoms with Gasteiger partial charge in [0.15, 0.2) is 0 Å². The third-order valence-corrected chi connectivity index (χ3v) is 4.58. The van der Waals surface area contributed by atoms with E-state index in [0.29, 0.717) is 32.7 Å². The van der Waals surface area contributed by atoms with Gasteiger partial charge < -0.3 is 9.80 Å². The van der Waals surface area contributed by atoms with Crippen molar-refractivity contribution in [3.8, 4) is 0 Å². The van der Waals surface area contributed by atoms with Crippen molar-refractivity contribution in [3.05, 3.63) is 0 Å². The number of likely N-dealkylation sites (N-methyl/N-ethyl adjacent to an activating group) is 1. The molecule has 0 aliphatic carbocycles. The number of amides is 1. The molecule has 0 radical (unpaired) electrons. The van der Waals surface area contributed by atoms with Crippen LogP contribution in [0.5, 0.6) is 0 Å². The number of hydrogen-bond acceptors (Lipinski definition) is 4. The summed E-state index contributed by atoms with van der Waals surface area (Å²) in [5, 5.41) is 0. The molecule has 0 bridgehead atoms. The van der Waals surface area contributed by atoms with Gasteiger partial charge in [-0.3, -0.25) is 4.79 Å². The van der Waals surface area contributed by atoms with Crippen molar-refractivity contribution < 1.29 is 13.2 Å². The van der Waals surface area contributed by atoms with E-state index in [2.05, 4.69) is 4.72 Å². The molecule has 0 spiro atoms. The Kier molecular flexibility index (Phi) is 5.72. The number of rotatable bonds is 5. The molecule has 0 atom stereocenters. The predicted molar refractivity (Wildman–Crippen MR) is 73.9 cm³/mol. The molecule has 1 amide bonds. The molecule has 1 N–H and O–H groups in total. The highest BCUT2D eigenvalue weighted by atomic mass is 32.2. The van der Waals surface area contributed by atoms with Crippen LogP contribution in [0.3, 0.4) is 0 Å². The molecule has 1 saturated heterocycles. The van der Waals surface area contributed by atoms with E-state index in [1.165, 1.54) is 4.31 Å². The van der Waals surface area contributed by atoms with Gasteiger partial charge in [0, 0.05) is 32.2 Å². The molecule has 0 aromatic carbocycles.